The summed E-state index contributed by atoms with van der Waals surface area (Å²) in [6, 6.07) is 22.6. The van der Waals surface area contributed by atoms with Crippen molar-refractivity contribution in [2.24, 2.45) is 0 Å². The van der Waals surface area contributed by atoms with Crippen LogP contribution in [0.25, 0.3) is 0 Å². The lowest BCUT2D eigenvalue weighted by Gasteiger charge is -2.27. The first kappa shape index (κ1) is 22.7. The minimum absolute atomic E-state index is 0.248. The lowest BCUT2D eigenvalue weighted by molar-refractivity contribution is -0.154. The molecule has 0 radical (unpaired) electrons. The summed E-state index contributed by atoms with van der Waals surface area (Å²) in [5, 5.41) is 25.3. The molecule has 0 aliphatic rings. The molecule has 162 valence electrons. The molecule has 31 heavy (non-hydrogen) atoms. The maximum absolute atomic E-state index is 13.0. The number of benzene rings is 2. The van der Waals surface area contributed by atoms with E-state index in [1.165, 1.54) is 4.90 Å². The van der Waals surface area contributed by atoms with Crippen LogP contribution in [0.5, 0.6) is 0 Å². The van der Waals surface area contributed by atoms with Gasteiger partial charge in [-0.15, -0.1) is 11.3 Å². The van der Waals surface area contributed by atoms with E-state index in [-0.39, 0.29) is 13.1 Å². The molecule has 0 unspecified atom stereocenters. The predicted molar refractivity (Wildman–Crippen MR) is 120 cm³/mol. The van der Waals surface area contributed by atoms with Gasteiger partial charge in [-0.2, -0.15) is 0 Å². The van der Waals surface area contributed by atoms with Gasteiger partial charge in [-0.1, -0.05) is 66.7 Å². The summed E-state index contributed by atoms with van der Waals surface area (Å²) in [7, 11) is 0. The molecule has 0 saturated heterocycles. The van der Waals surface area contributed by atoms with Crippen molar-refractivity contribution < 1.29 is 19.8 Å². The van der Waals surface area contributed by atoms with Crippen molar-refractivity contribution >= 4 is 23.2 Å². The van der Waals surface area contributed by atoms with E-state index in [9.17, 15) is 19.8 Å². The number of aliphatic hydroxyl groups is 2. The highest BCUT2D eigenvalue weighted by Crippen LogP contribution is 2.13. The van der Waals surface area contributed by atoms with Crippen LogP contribution in [-0.4, -0.2) is 45.7 Å². The van der Waals surface area contributed by atoms with Gasteiger partial charge in [-0.25, -0.2) is 0 Å². The Kier molecular flexibility index (Phi) is 8.35. The Bertz CT molecular complexity index is 907. The van der Waals surface area contributed by atoms with Crippen molar-refractivity contribution in [1.82, 2.24) is 10.2 Å². The number of aliphatic hydroxyl groups excluding tert-OH is 2. The van der Waals surface area contributed by atoms with E-state index in [0.29, 0.717) is 13.0 Å². The molecule has 3 rings (SSSR count). The molecule has 2 atom stereocenters. The number of hydrogen-bond acceptors (Lipinski definition) is 5. The maximum atomic E-state index is 13.0. The second-order valence-corrected chi connectivity index (χ2v) is 8.21. The highest BCUT2D eigenvalue weighted by atomic mass is 32.1. The quantitative estimate of drug-likeness (QED) is 0.453. The molecular formula is C24H26N2O4S. The lowest BCUT2D eigenvalue weighted by Crippen LogP contribution is -2.50. The molecule has 0 fully saturated rings. The van der Waals surface area contributed by atoms with Gasteiger partial charge in [0.2, 0.25) is 0 Å². The van der Waals surface area contributed by atoms with Gasteiger partial charge in [0.15, 0.2) is 12.2 Å². The number of hydrogen-bond donors (Lipinski definition) is 3. The number of nitrogens with zero attached hydrogens (tertiary/aromatic N) is 1. The molecule has 3 N–H and O–H groups in total. The van der Waals surface area contributed by atoms with E-state index in [2.05, 4.69) is 5.32 Å². The van der Waals surface area contributed by atoms with Crippen LogP contribution in [0.15, 0.2) is 78.2 Å². The summed E-state index contributed by atoms with van der Waals surface area (Å²) < 4.78 is 0. The van der Waals surface area contributed by atoms with E-state index in [4.69, 9.17) is 0 Å². The summed E-state index contributed by atoms with van der Waals surface area (Å²) in [4.78, 5) is 27.8. The molecule has 2 amide bonds. The zero-order chi connectivity index (χ0) is 22.1. The van der Waals surface area contributed by atoms with Crippen molar-refractivity contribution in [3.8, 4) is 0 Å². The zero-order valence-electron chi connectivity index (χ0n) is 17.1. The minimum atomic E-state index is -1.85. The van der Waals surface area contributed by atoms with E-state index in [1.807, 2.05) is 78.2 Å². The minimum Gasteiger partial charge on any atom is -0.380 e. The Morgan fingerprint density at radius 3 is 1.94 bits per heavy atom. The Hall–Kier alpha value is -3.00. The second kappa shape index (κ2) is 11.4. The summed E-state index contributed by atoms with van der Waals surface area (Å²) in [5.74, 6) is -1.47. The van der Waals surface area contributed by atoms with Gasteiger partial charge in [0.1, 0.15) is 0 Å². The van der Waals surface area contributed by atoms with Crippen LogP contribution in [-0.2, 0) is 29.1 Å². The molecule has 2 aromatic carbocycles. The normalized spacial score (nSPS) is 12.7. The topological polar surface area (TPSA) is 89.9 Å². The number of carbonyl (C=O) groups is 2. The van der Waals surface area contributed by atoms with Crippen molar-refractivity contribution in [2.45, 2.75) is 31.7 Å². The van der Waals surface area contributed by atoms with Gasteiger partial charge < -0.3 is 20.4 Å². The van der Waals surface area contributed by atoms with Crippen molar-refractivity contribution in [3.05, 3.63) is 94.2 Å². The Labute approximate surface area is 185 Å². The predicted octanol–water partition coefficient (Wildman–Crippen LogP) is 2.36. The van der Waals surface area contributed by atoms with Crippen LogP contribution in [0, 0.1) is 0 Å². The molecule has 0 bridgehead atoms. The average molecular weight is 439 g/mol. The van der Waals surface area contributed by atoms with Gasteiger partial charge in [0, 0.05) is 24.5 Å². The largest absolute Gasteiger partial charge is 0.380 e. The lowest BCUT2D eigenvalue weighted by atomic mass is 10.1. The standard InChI is InChI=1S/C24H26N2O4S/c27-21(23(29)25-14-13-20-12-7-15-31-20)22(28)24(30)26(16-18-8-3-1-4-9-18)17-19-10-5-2-6-11-19/h1-12,15,21-22,27-28H,13-14,16-17H2,(H,25,29)/t21-,22-/m1/s1. The molecule has 1 aromatic heterocycles. The molecular weight excluding hydrogens is 412 g/mol. The van der Waals surface area contributed by atoms with Crippen LogP contribution < -0.4 is 5.32 Å². The van der Waals surface area contributed by atoms with E-state index in [0.717, 1.165) is 16.0 Å². The molecule has 0 aliphatic carbocycles. The van der Waals surface area contributed by atoms with Crippen molar-refractivity contribution in [1.29, 1.82) is 0 Å². The number of carbonyl (C=O) groups excluding carboxylic acids is 2. The van der Waals surface area contributed by atoms with Crippen LogP contribution >= 0.6 is 11.3 Å². The molecule has 6 nitrogen and oxygen atoms in total. The highest BCUT2D eigenvalue weighted by molar-refractivity contribution is 7.09. The molecule has 0 spiro atoms. The van der Waals surface area contributed by atoms with Crippen molar-refractivity contribution in [2.75, 3.05) is 6.54 Å². The van der Waals surface area contributed by atoms with Gasteiger partial charge in [0.05, 0.1) is 0 Å². The van der Waals surface area contributed by atoms with Gasteiger partial charge in [-0.05, 0) is 29.0 Å². The third-order valence-electron chi connectivity index (χ3n) is 4.82. The first-order chi connectivity index (χ1) is 15.0. The van der Waals surface area contributed by atoms with Crippen LogP contribution in [0.4, 0.5) is 0 Å². The van der Waals surface area contributed by atoms with Crippen LogP contribution in [0.2, 0.25) is 0 Å². The number of rotatable bonds is 10. The zero-order valence-corrected chi connectivity index (χ0v) is 17.9. The second-order valence-electron chi connectivity index (χ2n) is 7.18. The summed E-state index contributed by atoms with van der Waals surface area (Å²) in [6.45, 7) is 0.811. The fraction of sp³-hybridized carbons (Fsp3) is 0.250. The SMILES string of the molecule is O=C(NCCc1cccs1)[C@H](O)[C@@H](O)C(=O)N(Cc1ccccc1)Cc1ccccc1. The Balaban J connectivity index is 1.64. The van der Waals surface area contributed by atoms with Crippen LogP contribution in [0.1, 0.15) is 16.0 Å². The summed E-state index contributed by atoms with van der Waals surface area (Å²) >= 11 is 1.58. The maximum Gasteiger partial charge on any atom is 0.255 e. The fourth-order valence-electron chi connectivity index (χ4n) is 3.15. The molecule has 0 aliphatic heterocycles. The number of thiophene rings is 1. The third kappa shape index (κ3) is 6.75. The fourth-order valence-corrected chi connectivity index (χ4v) is 3.86. The van der Waals surface area contributed by atoms with E-state index in [1.54, 1.807) is 11.3 Å². The molecule has 0 saturated carbocycles. The molecule has 7 heteroatoms. The van der Waals surface area contributed by atoms with Gasteiger partial charge in [-0.3, -0.25) is 9.59 Å². The smallest absolute Gasteiger partial charge is 0.255 e. The van der Waals surface area contributed by atoms with E-state index < -0.39 is 24.0 Å². The highest BCUT2D eigenvalue weighted by Gasteiger charge is 2.33. The summed E-state index contributed by atoms with van der Waals surface area (Å²) in [6.07, 6.45) is -3.08. The first-order valence-corrected chi connectivity index (χ1v) is 11.0. The number of amides is 2. The molecule has 3 aromatic rings. The average Bonchev–Trinajstić information content (AvgIpc) is 3.32. The Morgan fingerprint density at radius 1 is 0.839 bits per heavy atom. The number of nitrogens with one attached hydrogen (secondary N) is 1. The Morgan fingerprint density at radius 2 is 1.42 bits per heavy atom. The summed E-state index contributed by atoms with van der Waals surface area (Å²) in [5.41, 5.74) is 1.77. The van der Waals surface area contributed by atoms with Gasteiger partial charge in [0.25, 0.3) is 11.8 Å². The van der Waals surface area contributed by atoms with Crippen molar-refractivity contribution in [3.63, 3.8) is 0 Å². The van der Waals surface area contributed by atoms with Crippen LogP contribution in [0.3, 0.4) is 0 Å². The third-order valence-corrected chi connectivity index (χ3v) is 5.75. The van der Waals surface area contributed by atoms with E-state index >= 15 is 0 Å². The van der Waals surface area contributed by atoms with Gasteiger partial charge >= 0.3 is 0 Å². The monoisotopic (exact) mass is 438 g/mol. The first-order valence-electron chi connectivity index (χ1n) is 10.1. The molecule has 1 heterocycles.